The van der Waals surface area contributed by atoms with Crippen molar-refractivity contribution >= 4 is 11.7 Å². The van der Waals surface area contributed by atoms with Crippen LogP contribution in [0.4, 0.5) is 10.5 Å². The summed E-state index contributed by atoms with van der Waals surface area (Å²) in [4.78, 5) is 17.5. The van der Waals surface area contributed by atoms with Gasteiger partial charge in [-0.1, -0.05) is 31.0 Å². The minimum absolute atomic E-state index is 0.0158. The van der Waals surface area contributed by atoms with Gasteiger partial charge < -0.3 is 25.0 Å². The fourth-order valence-corrected chi connectivity index (χ4v) is 5.97. The third-order valence-electron chi connectivity index (χ3n) is 7.72. The van der Waals surface area contributed by atoms with E-state index in [2.05, 4.69) is 47.6 Å². The van der Waals surface area contributed by atoms with Crippen LogP contribution in [0.15, 0.2) is 42.5 Å². The fourth-order valence-electron chi connectivity index (χ4n) is 5.97. The molecule has 2 heterocycles. The Labute approximate surface area is 190 Å². The molecule has 0 spiro atoms. The number of aliphatic hydroxyl groups excluding tert-OH is 1. The lowest BCUT2D eigenvalue weighted by molar-refractivity contribution is 0.158. The molecule has 0 radical (unpaired) electrons. The highest BCUT2D eigenvalue weighted by Crippen LogP contribution is 2.49. The number of amides is 2. The molecule has 5 rings (SSSR count). The van der Waals surface area contributed by atoms with Gasteiger partial charge in [-0.25, -0.2) is 4.79 Å². The summed E-state index contributed by atoms with van der Waals surface area (Å²) in [5, 5.41) is 13.5. The summed E-state index contributed by atoms with van der Waals surface area (Å²) in [5.74, 6) is 1.06. The quantitative estimate of drug-likeness (QED) is 0.756. The van der Waals surface area contributed by atoms with Crippen LogP contribution in [0, 0.1) is 5.92 Å². The van der Waals surface area contributed by atoms with Crippen LogP contribution in [-0.4, -0.2) is 55.4 Å². The van der Waals surface area contributed by atoms with Gasteiger partial charge in [0, 0.05) is 31.2 Å². The number of carbonyl (C=O) groups is 1. The number of ether oxygens (including phenoxy) is 1. The summed E-state index contributed by atoms with van der Waals surface area (Å²) in [5.41, 5.74) is 4.53. The molecule has 0 bridgehead atoms. The largest absolute Gasteiger partial charge is 0.497 e. The molecule has 1 saturated carbocycles. The summed E-state index contributed by atoms with van der Waals surface area (Å²) in [6, 6.07) is 14.9. The Kier molecular flexibility index (Phi) is 5.72. The van der Waals surface area contributed by atoms with Crippen molar-refractivity contribution < 1.29 is 14.6 Å². The highest BCUT2D eigenvalue weighted by Gasteiger charge is 2.48. The minimum Gasteiger partial charge on any atom is -0.497 e. The van der Waals surface area contributed by atoms with Crippen molar-refractivity contribution in [1.29, 1.82) is 0 Å². The maximum absolute atomic E-state index is 13.3. The van der Waals surface area contributed by atoms with E-state index < -0.39 is 0 Å². The Hall–Kier alpha value is -2.73. The van der Waals surface area contributed by atoms with Gasteiger partial charge in [0.25, 0.3) is 0 Å². The van der Waals surface area contributed by atoms with Crippen molar-refractivity contribution in [3.63, 3.8) is 0 Å². The van der Waals surface area contributed by atoms with E-state index in [0.29, 0.717) is 6.04 Å². The van der Waals surface area contributed by atoms with E-state index >= 15 is 0 Å². The number of fused-ring (bicyclic) bond motifs is 3. The van der Waals surface area contributed by atoms with Gasteiger partial charge in [0.2, 0.25) is 0 Å². The standard InChI is InChI=1S/C26H33N3O3/c1-28-23-12-9-18(17-7-10-20(32-2)11-8-17)15-22(23)25-21(24(28)16-30)13-14-29(25)26(31)27-19-5-3-4-6-19/h7-12,15,19,21,24-25,30H,3-6,13-14,16H2,1-2H3,(H,27,31)/t21-,24+,25-/m1/s1. The highest BCUT2D eigenvalue weighted by molar-refractivity contribution is 5.78. The monoisotopic (exact) mass is 435 g/mol. The van der Waals surface area contributed by atoms with Crippen molar-refractivity contribution in [1.82, 2.24) is 10.2 Å². The normalized spacial score (nSPS) is 24.9. The highest BCUT2D eigenvalue weighted by atomic mass is 16.5. The number of nitrogens with one attached hydrogen (secondary N) is 1. The van der Waals surface area contributed by atoms with E-state index in [0.717, 1.165) is 48.4 Å². The van der Waals surface area contributed by atoms with Crippen LogP contribution in [0.3, 0.4) is 0 Å². The van der Waals surface area contributed by atoms with Gasteiger partial charge >= 0.3 is 6.03 Å². The number of likely N-dealkylation sites (N-methyl/N-ethyl adjacent to an activating group) is 1. The van der Waals surface area contributed by atoms with E-state index in [1.807, 2.05) is 17.0 Å². The molecule has 1 aliphatic carbocycles. The lowest BCUT2D eigenvalue weighted by Gasteiger charge is -2.44. The Morgan fingerprint density at radius 2 is 1.81 bits per heavy atom. The van der Waals surface area contributed by atoms with E-state index in [4.69, 9.17) is 4.74 Å². The molecule has 2 N–H and O–H groups in total. The molecule has 0 unspecified atom stereocenters. The van der Waals surface area contributed by atoms with Crippen LogP contribution < -0.4 is 15.0 Å². The second-order valence-electron chi connectivity index (χ2n) is 9.38. The van der Waals surface area contributed by atoms with Gasteiger partial charge in [0.1, 0.15) is 5.75 Å². The number of benzene rings is 2. The predicted octanol–water partition coefficient (Wildman–Crippen LogP) is 4.19. The summed E-state index contributed by atoms with van der Waals surface area (Å²) < 4.78 is 5.30. The zero-order chi connectivity index (χ0) is 22.2. The van der Waals surface area contributed by atoms with E-state index in [1.165, 1.54) is 18.4 Å². The van der Waals surface area contributed by atoms with Gasteiger partial charge in [0.15, 0.2) is 0 Å². The van der Waals surface area contributed by atoms with E-state index in [1.54, 1.807) is 7.11 Å². The molecule has 1 saturated heterocycles. The molecule has 32 heavy (non-hydrogen) atoms. The third-order valence-corrected chi connectivity index (χ3v) is 7.72. The molecule has 3 atom stereocenters. The van der Waals surface area contributed by atoms with Gasteiger partial charge in [-0.3, -0.25) is 0 Å². The number of hydrogen-bond donors (Lipinski definition) is 2. The molecule has 2 aromatic rings. The van der Waals surface area contributed by atoms with Crippen molar-refractivity contribution in [3.05, 3.63) is 48.0 Å². The van der Waals surface area contributed by atoms with Gasteiger partial charge in [0.05, 0.1) is 25.8 Å². The first-order chi connectivity index (χ1) is 15.6. The number of anilines is 1. The van der Waals surface area contributed by atoms with Crippen LogP contribution in [0.1, 0.15) is 43.7 Å². The smallest absolute Gasteiger partial charge is 0.318 e. The van der Waals surface area contributed by atoms with Crippen molar-refractivity contribution in [2.75, 3.05) is 32.2 Å². The van der Waals surface area contributed by atoms with E-state index in [9.17, 15) is 9.90 Å². The minimum atomic E-state index is -0.0158. The summed E-state index contributed by atoms with van der Waals surface area (Å²) in [6.07, 6.45) is 5.46. The summed E-state index contributed by atoms with van der Waals surface area (Å²) in [7, 11) is 3.73. The molecule has 6 nitrogen and oxygen atoms in total. The Morgan fingerprint density at radius 1 is 1.09 bits per heavy atom. The summed E-state index contributed by atoms with van der Waals surface area (Å²) in [6.45, 7) is 0.819. The Morgan fingerprint density at radius 3 is 2.50 bits per heavy atom. The molecule has 2 amide bonds. The number of hydrogen-bond acceptors (Lipinski definition) is 4. The van der Waals surface area contributed by atoms with Gasteiger partial charge in [-0.15, -0.1) is 0 Å². The van der Waals surface area contributed by atoms with Crippen LogP contribution in [-0.2, 0) is 0 Å². The SMILES string of the molecule is COc1ccc(-c2ccc3c(c2)[C@H]2[C@H](CCN2C(=O)NC2CCCC2)[C@H](CO)N3C)cc1. The van der Waals surface area contributed by atoms with Crippen molar-refractivity contribution in [2.45, 2.75) is 50.2 Å². The third kappa shape index (κ3) is 3.60. The van der Waals surface area contributed by atoms with Gasteiger partial charge in [-0.05, 0) is 60.2 Å². The molecule has 170 valence electrons. The Bertz CT molecular complexity index is 971. The van der Waals surface area contributed by atoms with E-state index in [-0.39, 0.29) is 30.6 Å². The first-order valence-electron chi connectivity index (χ1n) is 11.8. The zero-order valence-electron chi connectivity index (χ0n) is 19.0. The fraction of sp³-hybridized carbons (Fsp3) is 0.500. The second kappa shape index (κ2) is 8.66. The topological polar surface area (TPSA) is 65.0 Å². The number of likely N-dealkylation sites (tertiary alicyclic amines) is 1. The van der Waals surface area contributed by atoms with Gasteiger partial charge in [-0.2, -0.15) is 0 Å². The molecular weight excluding hydrogens is 402 g/mol. The average Bonchev–Trinajstić information content (AvgIpc) is 3.49. The maximum atomic E-state index is 13.3. The molecule has 3 aliphatic rings. The lowest BCUT2D eigenvalue weighted by Crippen LogP contribution is -2.50. The number of methoxy groups -OCH3 is 1. The second-order valence-corrected chi connectivity index (χ2v) is 9.38. The molecule has 2 fully saturated rings. The zero-order valence-corrected chi connectivity index (χ0v) is 19.0. The number of rotatable bonds is 4. The first-order valence-corrected chi connectivity index (χ1v) is 11.8. The van der Waals surface area contributed by atoms with Crippen LogP contribution in [0.25, 0.3) is 11.1 Å². The van der Waals surface area contributed by atoms with Crippen LogP contribution in [0.5, 0.6) is 5.75 Å². The number of urea groups is 1. The average molecular weight is 436 g/mol. The maximum Gasteiger partial charge on any atom is 0.318 e. The molecular formula is C26H33N3O3. The number of nitrogens with zero attached hydrogens (tertiary/aromatic N) is 2. The lowest BCUT2D eigenvalue weighted by atomic mass is 9.81. The molecule has 0 aromatic heterocycles. The Balaban J connectivity index is 1.51. The van der Waals surface area contributed by atoms with Crippen molar-refractivity contribution in [2.24, 2.45) is 5.92 Å². The molecule has 2 aliphatic heterocycles. The molecule has 2 aromatic carbocycles. The van der Waals surface area contributed by atoms with Crippen LogP contribution >= 0.6 is 0 Å². The number of aliphatic hydroxyl groups is 1. The molecule has 6 heteroatoms. The van der Waals surface area contributed by atoms with Crippen molar-refractivity contribution in [3.8, 4) is 16.9 Å². The predicted molar refractivity (Wildman–Crippen MR) is 126 cm³/mol. The van der Waals surface area contributed by atoms with Crippen LogP contribution in [0.2, 0.25) is 0 Å². The summed E-state index contributed by atoms with van der Waals surface area (Å²) >= 11 is 0. The first kappa shape index (κ1) is 21.1. The number of carbonyl (C=O) groups excluding carboxylic acids is 1.